The molecule has 30 heavy (non-hydrogen) atoms. The van der Waals surface area contributed by atoms with E-state index in [-0.39, 0.29) is 38.8 Å². The first kappa shape index (κ1) is 19.1. The van der Waals surface area contributed by atoms with Gasteiger partial charge in [0.25, 0.3) is 0 Å². The number of phenols is 4. The normalized spacial score (nSPS) is 11.4. The van der Waals surface area contributed by atoms with Gasteiger partial charge in [0, 0.05) is 16.7 Å². The number of aryl methyl sites for hydroxylation is 1. The van der Waals surface area contributed by atoms with Gasteiger partial charge in [-0.15, -0.1) is 0 Å². The van der Waals surface area contributed by atoms with Crippen molar-refractivity contribution in [2.24, 2.45) is 0 Å². The summed E-state index contributed by atoms with van der Waals surface area (Å²) in [6.07, 6.45) is 0. The number of fused-ring (bicyclic) bond motifs is 1. The van der Waals surface area contributed by atoms with Gasteiger partial charge in [0.15, 0.2) is 21.7 Å². The molecule has 0 unspecified atom stereocenters. The molecule has 0 aliphatic heterocycles. The number of hydrogen-bond donors (Lipinski definition) is 4. The van der Waals surface area contributed by atoms with Gasteiger partial charge in [0.1, 0.15) is 23.0 Å². The second kappa shape index (κ2) is 6.15. The van der Waals surface area contributed by atoms with E-state index in [9.17, 15) is 39.6 Å². The zero-order chi connectivity index (χ0) is 22.1. The molecule has 0 atom stereocenters. The molecular formula is C22H14O8. The maximum atomic E-state index is 13.1. The summed E-state index contributed by atoms with van der Waals surface area (Å²) in [7, 11) is 0. The maximum absolute atomic E-state index is 13.1. The van der Waals surface area contributed by atoms with Crippen molar-refractivity contribution in [3.8, 4) is 34.1 Å². The third-order valence-electron chi connectivity index (χ3n) is 5.29. The van der Waals surface area contributed by atoms with E-state index in [0.29, 0.717) is 0 Å². The van der Waals surface area contributed by atoms with Crippen LogP contribution in [-0.4, -0.2) is 20.4 Å². The number of aromatic hydroxyl groups is 4. The van der Waals surface area contributed by atoms with Crippen molar-refractivity contribution in [2.45, 2.75) is 13.8 Å². The van der Waals surface area contributed by atoms with Gasteiger partial charge < -0.3 is 20.4 Å². The molecule has 2 aliphatic carbocycles. The first-order valence-electron chi connectivity index (χ1n) is 8.78. The molecule has 0 saturated heterocycles. The Hall–Kier alpha value is -4.20. The van der Waals surface area contributed by atoms with E-state index in [1.807, 2.05) is 0 Å². The molecule has 0 amide bonds. The van der Waals surface area contributed by atoms with E-state index in [0.717, 1.165) is 24.3 Å². The smallest absolute Gasteiger partial charge is 0.199 e. The molecule has 0 aromatic heterocycles. The lowest BCUT2D eigenvalue weighted by Gasteiger charge is -2.14. The van der Waals surface area contributed by atoms with Gasteiger partial charge in [-0.1, -0.05) is 0 Å². The van der Waals surface area contributed by atoms with E-state index in [1.165, 1.54) is 13.8 Å². The first-order chi connectivity index (χ1) is 14.1. The highest BCUT2D eigenvalue weighted by Gasteiger charge is 2.24. The molecule has 0 fully saturated rings. The van der Waals surface area contributed by atoms with Crippen LogP contribution in [0.3, 0.4) is 0 Å². The summed E-state index contributed by atoms with van der Waals surface area (Å²) in [6, 6.07) is 3.91. The fourth-order valence-electron chi connectivity index (χ4n) is 3.82. The minimum Gasteiger partial charge on any atom is -0.507 e. The topological polar surface area (TPSA) is 149 Å². The Labute approximate surface area is 166 Å². The van der Waals surface area contributed by atoms with E-state index in [2.05, 4.69) is 0 Å². The molecule has 0 bridgehead atoms. The van der Waals surface area contributed by atoms with Gasteiger partial charge in [-0.25, -0.2) is 0 Å². The molecule has 0 heterocycles. The molecule has 2 aromatic rings. The van der Waals surface area contributed by atoms with Crippen molar-refractivity contribution in [3.05, 3.63) is 86.7 Å². The summed E-state index contributed by atoms with van der Waals surface area (Å²) in [4.78, 5) is 50.2. The number of hydrogen-bond acceptors (Lipinski definition) is 8. The number of benzene rings is 2. The Bertz CT molecular complexity index is 1670. The third kappa shape index (κ3) is 2.33. The summed E-state index contributed by atoms with van der Waals surface area (Å²) in [5.41, 5.74) is -4.10. The molecule has 150 valence electrons. The number of rotatable bonds is 1. The van der Waals surface area contributed by atoms with Crippen molar-refractivity contribution in [2.75, 3.05) is 0 Å². The van der Waals surface area contributed by atoms with Crippen LogP contribution in [0.15, 0.2) is 43.4 Å². The summed E-state index contributed by atoms with van der Waals surface area (Å²) >= 11 is 0. The molecule has 0 radical (unpaired) electrons. The van der Waals surface area contributed by atoms with Crippen LogP contribution < -0.4 is 21.7 Å². The average molecular weight is 406 g/mol. The van der Waals surface area contributed by atoms with Crippen LogP contribution in [0.4, 0.5) is 0 Å². The minimum atomic E-state index is -0.963. The van der Waals surface area contributed by atoms with Crippen LogP contribution in [0, 0.1) is 24.3 Å². The van der Waals surface area contributed by atoms with Crippen LogP contribution in [-0.2, 0) is 0 Å². The molecular weight excluding hydrogens is 392 g/mol. The van der Waals surface area contributed by atoms with E-state index < -0.39 is 49.4 Å². The second-order valence-corrected chi connectivity index (χ2v) is 7.07. The third-order valence-corrected chi connectivity index (χ3v) is 5.29. The highest BCUT2D eigenvalue weighted by molar-refractivity contribution is 6.06. The highest BCUT2D eigenvalue weighted by atomic mass is 16.3. The highest BCUT2D eigenvalue weighted by Crippen LogP contribution is 2.48. The van der Waals surface area contributed by atoms with Crippen molar-refractivity contribution in [3.63, 3.8) is 0 Å². The molecule has 8 heteroatoms. The molecule has 8 nitrogen and oxygen atoms in total. The summed E-state index contributed by atoms with van der Waals surface area (Å²) < 4.78 is 0. The Balaban J connectivity index is 2.31. The van der Waals surface area contributed by atoms with Crippen molar-refractivity contribution >= 4 is 10.8 Å². The van der Waals surface area contributed by atoms with Crippen molar-refractivity contribution < 1.29 is 20.4 Å². The molecule has 4 rings (SSSR count). The van der Waals surface area contributed by atoms with Gasteiger partial charge >= 0.3 is 0 Å². The molecule has 0 spiro atoms. The molecule has 4 N–H and O–H groups in total. The fraction of sp³-hybridized carbons (Fsp3) is 0.0909. The molecule has 2 aliphatic rings. The fourth-order valence-corrected chi connectivity index (χ4v) is 3.82. The minimum absolute atomic E-state index is 0.208. The van der Waals surface area contributed by atoms with Crippen LogP contribution in [0.1, 0.15) is 11.1 Å². The predicted octanol–water partition coefficient (Wildman–Crippen LogP) is 0.987. The van der Waals surface area contributed by atoms with Gasteiger partial charge in [0.2, 0.25) is 0 Å². The van der Waals surface area contributed by atoms with Crippen LogP contribution in [0.5, 0.6) is 23.0 Å². The zero-order valence-corrected chi connectivity index (χ0v) is 15.7. The van der Waals surface area contributed by atoms with Gasteiger partial charge in [0.05, 0.1) is 21.2 Å². The average Bonchev–Trinajstić information content (AvgIpc) is 2.68. The Morgan fingerprint density at radius 1 is 0.667 bits per heavy atom. The Morgan fingerprint density at radius 3 is 1.77 bits per heavy atom. The SMILES string of the molecule is Cc1cc(O)c2c(O)c(-c3c(C)c(=O)c4c(=O)ccc(=O)c=4c3=O)cc(O)c2c1O. The zero-order valence-electron chi connectivity index (χ0n) is 15.7. The predicted molar refractivity (Wildman–Crippen MR) is 108 cm³/mol. The quantitative estimate of drug-likeness (QED) is 0.342. The standard InChI is InChI=1S/C22H14O8/c1-7-5-12(25)18-17(19(7)27)13(26)6-9(21(18)29)14-8(2)20(28)15-10(23)3-4-11(24)16(15)22(14)30/h3-6,25-27,29H,1-2H3. The summed E-state index contributed by atoms with van der Waals surface area (Å²) in [5.74, 6) is -2.11. The van der Waals surface area contributed by atoms with Crippen LogP contribution in [0.25, 0.3) is 21.9 Å². The van der Waals surface area contributed by atoms with Crippen molar-refractivity contribution in [1.29, 1.82) is 0 Å². The van der Waals surface area contributed by atoms with E-state index in [4.69, 9.17) is 0 Å². The number of phenolic OH excluding ortho intramolecular Hbond substituents is 4. The van der Waals surface area contributed by atoms with E-state index >= 15 is 0 Å². The van der Waals surface area contributed by atoms with Gasteiger partial charge in [-0.3, -0.25) is 19.2 Å². The monoisotopic (exact) mass is 406 g/mol. The lowest BCUT2D eigenvalue weighted by atomic mass is 9.92. The van der Waals surface area contributed by atoms with Crippen LogP contribution in [0.2, 0.25) is 0 Å². The summed E-state index contributed by atoms with van der Waals surface area (Å²) in [5, 5.41) is 40.1. The summed E-state index contributed by atoms with van der Waals surface area (Å²) in [6.45, 7) is 2.73. The van der Waals surface area contributed by atoms with Crippen molar-refractivity contribution in [1.82, 2.24) is 0 Å². The van der Waals surface area contributed by atoms with Gasteiger partial charge in [-0.2, -0.15) is 0 Å². The van der Waals surface area contributed by atoms with Crippen LogP contribution >= 0.6 is 0 Å². The molecule has 0 saturated carbocycles. The maximum Gasteiger partial charge on any atom is 0.199 e. The van der Waals surface area contributed by atoms with Gasteiger partial charge in [-0.05, 0) is 43.7 Å². The Morgan fingerprint density at radius 2 is 1.17 bits per heavy atom. The largest absolute Gasteiger partial charge is 0.507 e. The van der Waals surface area contributed by atoms with E-state index in [1.54, 1.807) is 0 Å². The lowest BCUT2D eigenvalue weighted by Crippen LogP contribution is -2.30. The Kier molecular flexibility index (Phi) is 3.92. The lowest BCUT2D eigenvalue weighted by molar-refractivity contribution is 0.446. The molecule has 2 aromatic carbocycles. The second-order valence-electron chi connectivity index (χ2n) is 7.07. The first-order valence-corrected chi connectivity index (χ1v) is 8.78.